The second-order valence-electron chi connectivity index (χ2n) is 7.98. The van der Waals surface area contributed by atoms with Crippen LogP contribution in [0.2, 0.25) is 0 Å². The lowest BCUT2D eigenvalue weighted by Crippen LogP contribution is -2.65. The minimum absolute atomic E-state index is 0.263. The highest BCUT2D eigenvalue weighted by Gasteiger charge is 2.49. The summed E-state index contributed by atoms with van der Waals surface area (Å²) in [6.45, 7) is 3.88. The largest absolute Gasteiger partial charge is 0.342 e. The number of hydrogen-bond donors (Lipinski definition) is 0. The number of nitrogens with zero attached hydrogens (tertiary/aromatic N) is 2. The van der Waals surface area contributed by atoms with Crippen LogP contribution in [0, 0.1) is 11.8 Å². The Hall–Kier alpha value is -1.36. The van der Waals surface area contributed by atoms with Gasteiger partial charge in [0, 0.05) is 31.6 Å². The van der Waals surface area contributed by atoms with Gasteiger partial charge in [0.05, 0.1) is 6.42 Å². The van der Waals surface area contributed by atoms with Crippen LogP contribution in [0.1, 0.15) is 51.0 Å². The number of rotatable bonds is 4. The van der Waals surface area contributed by atoms with Gasteiger partial charge in [-0.3, -0.25) is 9.59 Å². The Bertz CT molecular complexity index is 630. The molecule has 0 saturated carbocycles. The second-order valence-corrected chi connectivity index (χ2v) is 8.76. The Morgan fingerprint density at radius 1 is 1.32 bits per heavy atom. The van der Waals surface area contributed by atoms with E-state index in [0.29, 0.717) is 36.2 Å². The van der Waals surface area contributed by atoms with Crippen LogP contribution >= 0.6 is 11.3 Å². The monoisotopic (exact) mass is 360 g/mol. The molecule has 3 fully saturated rings. The van der Waals surface area contributed by atoms with Gasteiger partial charge in [0.15, 0.2) is 0 Å². The molecule has 5 heteroatoms. The molecule has 0 radical (unpaired) electrons. The van der Waals surface area contributed by atoms with Crippen molar-refractivity contribution in [2.24, 2.45) is 11.8 Å². The van der Waals surface area contributed by atoms with E-state index in [1.165, 1.54) is 6.42 Å². The molecule has 3 saturated heterocycles. The molecule has 4 rings (SSSR count). The molecule has 136 valence electrons. The van der Waals surface area contributed by atoms with Crippen molar-refractivity contribution in [1.29, 1.82) is 0 Å². The molecule has 2 amide bonds. The van der Waals surface area contributed by atoms with E-state index in [2.05, 4.69) is 28.2 Å². The quantitative estimate of drug-likeness (QED) is 0.826. The third-order valence-corrected chi connectivity index (χ3v) is 7.10. The normalized spacial score (nSPS) is 31.8. The molecule has 3 aliphatic heterocycles. The van der Waals surface area contributed by atoms with E-state index in [-0.39, 0.29) is 5.91 Å². The van der Waals surface area contributed by atoms with Gasteiger partial charge in [0.1, 0.15) is 0 Å². The fourth-order valence-electron chi connectivity index (χ4n) is 5.33. The molecular weight excluding hydrogens is 332 g/mol. The van der Waals surface area contributed by atoms with E-state index >= 15 is 0 Å². The van der Waals surface area contributed by atoms with Crippen molar-refractivity contribution in [1.82, 2.24) is 9.80 Å². The Labute approximate surface area is 154 Å². The second kappa shape index (κ2) is 7.10. The van der Waals surface area contributed by atoms with E-state index in [1.54, 1.807) is 11.3 Å². The van der Waals surface area contributed by atoms with Gasteiger partial charge in [-0.25, -0.2) is 0 Å². The average Bonchev–Trinajstić information content (AvgIpc) is 3.11. The molecule has 1 aromatic heterocycles. The van der Waals surface area contributed by atoms with Crippen molar-refractivity contribution in [3.63, 3.8) is 0 Å². The lowest BCUT2D eigenvalue weighted by atomic mass is 9.71. The van der Waals surface area contributed by atoms with E-state index in [0.717, 1.165) is 50.8 Å². The van der Waals surface area contributed by atoms with Crippen molar-refractivity contribution in [2.75, 3.05) is 13.1 Å². The highest BCUT2D eigenvalue weighted by molar-refractivity contribution is 7.08. The van der Waals surface area contributed by atoms with E-state index < -0.39 is 0 Å². The summed E-state index contributed by atoms with van der Waals surface area (Å²) in [5.41, 5.74) is 1.13. The molecule has 0 aliphatic carbocycles. The van der Waals surface area contributed by atoms with Crippen LogP contribution in [0.25, 0.3) is 0 Å². The first-order valence-corrected chi connectivity index (χ1v) is 10.7. The third kappa shape index (κ3) is 3.23. The first-order chi connectivity index (χ1) is 12.2. The fraction of sp³-hybridized carbons (Fsp3) is 0.700. The predicted octanol–water partition coefficient (Wildman–Crippen LogP) is 3.32. The van der Waals surface area contributed by atoms with E-state index in [1.807, 2.05) is 5.38 Å². The number of fused-ring (bicyclic) bond motifs is 4. The summed E-state index contributed by atoms with van der Waals surface area (Å²) in [4.78, 5) is 29.8. The lowest BCUT2D eigenvalue weighted by molar-refractivity contribution is -0.156. The van der Waals surface area contributed by atoms with Crippen molar-refractivity contribution in [2.45, 2.75) is 64.0 Å². The summed E-state index contributed by atoms with van der Waals surface area (Å²) in [5.74, 6) is 1.56. The smallest absolute Gasteiger partial charge is 0.227 e. The van der Waals surface area contributed by atoms with Crippen molar-refractivity contribution < 1.29 is 9.59 Å². The molecule has 0 aromatic carbocycles. The Balaban J connectivity index is 1.53. The first kappa shape index (κ1) is 17.1. The van der Waals surface area contributed by atoms with Crippen LogP contribution in [-0.2, 0) is 16.0 Å². The fourth-order valence-corrected chi connectivity index (χ4v) is 6.00. The van der Waals surface area contributed by atoms with Crippen LogP contribution in [0.5, 0.6) is 0 Å². The number of thiophene rings is 1. The number of carbonyl (C=O) groups is 2. The van der Waals surface area contributed by atoms with Gasteiger partial charge in [-0.15, -0.1) is 0 Å². The Morgan fingerprint density at radius 2 is 2.16 bits per heavy atom. The van der Waals surface area contributed by atoms with Gasteiger partial charge in [-0.1, -0.05) is 13.3 Å². The minimum Gasteiger partial charge on any atom is -0.342 e. The zero-order valence-corrected chi connectivity index (χ0v) is 15.8. The number of carbonyl (C=O) groups excluding carboxylic acids is 2. The molecule has 0 unspecified atom stereocenters. The number of likely N-dealkylation sites (tertiary alicyclic amines) is 1. The maximum Gasteiger partial charge on any atom is 0.227 e. The maximum absolute atomic E-state index is 12.8. The van der Waals surface area contributed by atoms with Crippen molar-refractivity contribution in [3.05, 3.63) is 22.4 Å². The Kier molecular flexibility index (Phi) is 4.85. The van der Waals surface area contributed by atoms with E-state index in [9.17, 15) is 9.59 Å². The van der Waals surface area contributed by atoms with Gasteiger partial charge in [0.25, 0.3) is 0 Å². The zero-order valence-electron chi connectivity index (χ0n) is 15.0. The van der Waals surface area contributed by atoms with Crippen LogP contribution in [0.4, 0.5) is 0 Å². The van der Waals surface area contributed by atoms with Crippen LogP contribution in [0.15, 0.2) is 16.8 Å². The minimum atomic E-state index is 0.263. The topological polar surface area (TPSA) is 40.6 Å². The summed E-state index contributed by atoms with van der Waals surface area (Å²) in [5, 5.41) is 4.11. The maximum atomic E-state index is 12.8. The summed E-state index contributed by atoms with van der Waals surface area (Å²) < 4.78 is 0. The van der Waals surface area contributed by atoms with Gasteiger partial charge >= 0.3 is 0 Å². The molecule has 0 spiro atoms. The molecule has 2 bridgehead atoms. The number of amides is 2. The van der Waals surface area contributed by atoms with E-state index in [4.69, 9.17) is 0 Å². The van der Waals surface area contributed by atoms with Crippen LogP contribution in [0.3, 0.4) is 0 Å². The van der Waals surface area contributed by atoms with Crippen LogP contribution in [-0.4, -0.2) is 46.8 Å². The third-order valence-electron chi connectivity index (χ3n) is 6.37. The summed E-state index contributed by atoms with van der Waals surface area (Å²) in [6, 6.07) is 2.76. The predicted molar refractivity (Wildman–Crippen MR) is 99.4 cm³/mol. The first-order valence-electron chi connectivity index (χ1n) is 9.77. The summed E-state index contributed by atoms with van der Waals surface area (Å²) in [6.07, 6.45) is 6.75. The number of hydrogen-bond acceptors (Lipinski definition) is 3. The van der Waals surface area contributed by atoms with Gasteiger partial charge < -0.3 is 9.80 Å². The molecular formula is C20H28N2O2S. The molecule has 4 heterocycles. The molecule has 4 nitrogen and oxygen atoms in total. The highest BCUT2D eigenvalue weighted by atomic mass is 32.1. The van der Waals surface area contributed by atoms with Gasteiger partial charge in [-0.05, 0) is 59.9 Å². The molecule has 25 heavy (non-hydrogen) atoms. The lowest BCUT2D eigenvalue weighted by Gasteiger charge is -2.56. The van der Waals surface area contributed by atoms with Gasteiger partial charge in [-0.2, -0.15) is 11.3 Å². The van der Waals surface area contributed by atoms with Gasteiger partial charge in [0.2, 0.25) is 11.8 Å². The average molecular weight is 361 g/mol. The molecule has 1 aromatic rings. The number of piperidine rings is 3. The SMILES string of the molecule is CCC[C@H]1[C@H]2C[C@H](CN(C(=O)Cc3ccsc3)C2)[C@@H]2CCCC(=O)N21. The standard InChI is InChI=1S/C20H28N2O2S/c1-2-4-17-15-10-16(18-5-3-6-19(23)22(17)18)12-21(11-15)20(24)9-14-7-8-25-13-14/h7-8,13,15-18H,2-6,9-12H2,1H3/t15-,16+,17-,18-/m0/s1. The zero-order chi connectivity index (χ0) is 17.4. The molecule has 4 atom stereocenters. The molecule has 3 aliphatic rings. The summed E-state index contributed by atoms with van der Waals surface area (Å²) in [7, 11) is 0. The summed E-state index contributed by atoms with van der Waals surface area (Å²) >= 11 is 1.65. The van der Waals surface area contributed by atoms with Crippen molar-refractivity contribution in [3.8, 4) is 0 Å². The Morgan fingerprint density at radius 3 is 2.92 bits per heavy atom. The molecule has 0 N–H and O–H groups in total. The highest BCUT2D eigenvalue weighted by Crippen LogP contribution is 2.42. The van der Waals surface area contributed by atoms with Crippen molar-refractivity contribution >= 4 is 23.2 Å². The van der Waals surface area contributed by atoms with Crippen LogP contribution < -0.4 is 0 Å².